The molecule has 0 bridgehead atoms. The van der Waals surface area contributed by atoms with E-state index in [1.54, 1.807) is 6.07 Å². The molecule has 0 atom stereocenters. The van der Waals surface area contributed by atoms with E-state index in [1.807, 2.05) is 13.8 Å². The highest BCUT2D eigenvalue weighted by atomic mass is 35.5. The summed E-state index contributed by atoms with van der Waals surface area (Å²) < 4.78 is 25.7. The minimum Gasteiger partial charge on any atom is -0.325 e. The van der Waals surface area contributed by atoms with Gasteiger partial charge < -0.3 is 10.6 Å². The molecule has 1 fully saturated rings. The minimum absolute atomic E-state index is 0. The molecule has 1 aliphatic carbocycles. The zero-order valence-corrected chi connectivity index (χ0v) is 16.2. The van der Waals surface area contributed by atoms with Crippen molar-refractivity contribution in [1.29, 1.82) is 0 Å². The molecule has 0 unspecified atom stereocenters. The molecule has 8 heteroatoms. The van der Waals surface area contributed by atoms with E-state index in [9.17, 15) is 13.2 Å². The molecule has 1 aliphatic rings. The average Bonchev–Trinajstić information content (AvgIpc) is 3.27. The van der Waals surface area contributed by atoms with Crippen LogP contribution in [0.4, 0.5) is 5.69 Å². The maximum absolute atomic E-state index is 12.3. The van der Waals surface area contributed by atoms with E-state index < -0.39 is 10.0 Å². The van der Waals surface area contributed by atoms with Crippen LogP contribution >= 0.6 is 12.4 Å². The summed E-state index contributed by atoms with van der Waals surface area (Å²) in [6.07, 6.45) is 2.47. The summed E-state index contributed by atoms with van der Waals surface area (Å²) in [6.45, 7) is 4.81. The highest BCUT2D eigenvalue weighted by Gasteiger charge is 2.22. The van der Waals surface area contributed by atoms with Gasteiger partial charge in [-0.2, -0.15) is 0 Å². The smallest absolute Gasteiger partial charge is 0.242 e. The molecule has 2 rings (SSSR count). The third-order valence-electron chi connectivity index (χ3n) is 4.11. The van der Waals surface area contributed by atoms with Gasteiger partial charge in [0.25, 0.3) is 0 Å². The molecule has 1 saturated carbocycles. The first-order chi connectivity index (χ1) is 10.7. The highest BCUT2D eigenvalue weighted by Crippen LogP contribution is 2.27. The van der Waals surface area contributed by atoms with Gasteiger partial charge >= 0.3 is 0 Å². The lowest BCUT2D eigenvalue weighted by Gasteiger charge is -2.16. The number of aryl methyl sites for hydroxylation is 1. The van der Waals surface area contributed by atoms with Crippen LogP contribution in [0.15, 0.2) is 17.0 Å². The summed E-state index contributed by atoms with van der Waals surface area (Å²) >= 11 is 0. The third kappa shape index (κ3) is 5.17. The van der Waals surface area contributed by atoms with Crippen LogP contribution in [0.25, 0.3) is 0 Å². The number of carbonyl (C=O) groups is 1. The van der Waals surface area contributed by atoms with Gasteiger partial charge in [-0.25, -0.2) is 12.7 Å². The SMILES string of the molecule is Cc1cc(S(=O)(=O)N(C)C)cc(NC(=O)CNCC2CC2)c1C.Cl. The molecule has 0 saturated heterocycles. The second-order valence-electron chi connectivity index (χ2n) is 6.32. The van der Waals surface area contributed by atoms with E-state index in [0.717, 1.165) is 17.7 Å². The molecule has 24 heavy (non-hydrogen) atoms. The van der Waals surface area contributed by atoms with Gasteiger partial charge in [0.1, 0.15) is 0 Å². The molecule has 0 spiro atoms. The summed E-state index contributed by atoms with van der Waals surface area (Å²) in [5.74, 6) is 0.549. The molecular formula is C16H26ClN3O3S. The summed E-state index contributed by atoms with van der Waals surface area (Å²) in [4.78, 5) is 12.2. The fourth-order valence-corrected chi connectivity index (χ4v) is 3.24. The average molecular weight is 376 g/mol. The molecular weight excluding hydrogens is 350 g/mol. The number of rotatable bonds is 7. The Hall–Kier alpha value is -1.15. The predicted molar refractivity (Wildman–Crippen MR) is 98.3 cm³/mol. The van der Waals surface area contributed by atoms with Crippen molar-refractivity contribution in [3.05, 3.63) is 23.3 Å². The molecule has 136 valence electrons. The van der Waals surface area contributed by atoms with Crippen molar-refractivity contribution in [2.45, 2.75) is 31.6 Å². The van der Waals surface area contributed by atoms with Crippen LogP contribution in [0.3, 0.4) is 0 Å². The second kappa shape index (κ2) is 8.29. The monoisotopic (exact) mass is 375 g/mol. The lowest BCUT2D eigenvalue weighted by molar-refractivity contribution is -0.115. The highest BCUT2D eigenvalue weighted by molar-refractivity contribution is 7.89. The third-order valence-corrected chi connectivity index (χ3v) is 5.90. The van der Waals surface area contributed by atoms with Crippen molar-refractivity contribution in [1.82, 2.24) is 9.62 Å². The number of carbonyl (C=O) groups excluding carboxylic acids is 1. The van der Waals surface area contributed by atoms with E-state index in [1.165, 1.54) is 37.3 Å². The molecule has 1 aromatic carbocycles. The quantitative estimate of drug-likeness (QED) is 0.763. The Labute approximate surface area is 150 Å². The van der Waals surface area contributed by atoms with Crippen LogP contribution in [0.2, 0.25) is 0 Å². The number of hydrogen-bond acceptors (Lipinski definition) is 4. The standard InChI is InChI=1S/C16H25N3O3S.ClH/c1-11-7-14(23(21,22)19(3)4)8-15(12(11)2)18-16(20)10-17-9-13-5-6-13;/h7-8,13,17H,5-6,9-10H2,1-4H3,(H,18,20);1H. The summed E-state index contributed by atoms with van der Waals surface area (Å²) in [6, 6.07) is 3.15. The van der Waals surface area contributed by atoms with Crippen molar-refractivity contribution in [3.8, 4) is 0 Å². The summed E-state index contributed by atoms with van der Waals surface area (Å²) in [7, 11) is -0.547. The van der Waals surface area contributed by atoms with E-state index in [0.29, 0.717) is 11.6 Å². The van der Waals surface area contributed by atoms with E-state index in [4.69, 9.17) is 0 Å². The van der Waals surface area contributed by atoms with Crippen molar-refractivity contribution in [2.75, 3.05) is 32.5 Å². The summed E-state index contributed by atoms with van der Waals surface area (Å²) in [5.41, 5.74) is 2.25. The number of halogens is 1. The fraction of sp³-hybridized carbons (Fsp3) is 0.562. The van der Waals surface area contributed by atoms with Gasteiger partial charge in [-0.15, -0.1) is 12.4 Å². The van der Waals surface area contributed by atoms with E-state index in [2.05, 4.69) is 10.6 Å². The van der Waals surface area contributed by atoms with Gasteiger partial charge in [0.05, 0.1) is 11.4 Å². The maximum Gasteiger partial charge on any atom is 0.242 e. The van der Waals surface area contributed by atoms with E-state index in [-0.39, 0.29) is 29.8 Å². The first-order valence-electron chi connectivity index (χ1n) is 7.76. The first kappa shape index (κ1) is 20.9. The summed E-state index contributed by atoms with van der Waals surface area (Å²) in [5, 5.41) is 5.94. The van der Waals surface area contributed by atoms with Crippen molar-refractivity contribution >= 4 is 34.0 Å². The number of benzene rings is 1. The Bertz CT molecular complexity index is 701. The zero-order chi connectivity index (χ0) is 17.2. The molecule has 0 radical (unpaired) electrons. The topological polar surface area (TPSA) is 78.5 Å². The second-order valence-corrected chi connectivity index (χ2v) is 8.47. The number of hydrogen-bond donors (Lipinski definition) is 2. The van der Waals surface area contributed by atoms with Crippen molar-refractivity contribution in [2.24, 2.45) is 5.92 Å². The zero-order valence-electron chi connectivity index (χ0n) is 14.5. The van der Waals surface area contributed by atoms with E-state index >= 15 is 0 Å². The Balaban J connectivity index is 0.00000288. The van der Waals surface area contributed by atoms with Gasteiger partial charge in [-0.05, 0) is 62.4 Å². The largest absolute Gasteiger partial charge is 0.325 e. The van der Waals surface area contributed by atoms with Crippen LogP contribution in [-0.2, 0) is 14.8 Å². The Morgan fingerprint density at radius 1 is 1.25 bits per heavy atom. The molecule has 0 aromatic heterocycles. The van der Waals surface area contributed by atoms with Crippen molar-refractivity contribution in [3.63, 3.8) is 0 Å². The number of anilines is 1. The number of amides is 1. The molecule has 2 N–H and O–H groups in total. The Morgan fingerprint density at radius 3 is 2.42 bits per heavy atom. The molecule has 0 heterocycles. The van der Waals surface area contributed by atoms with Gasteiger partial charge in [0.15, 0.2) is 0 Å². The lowest BCUT2D eigenvalue weighted by Crippen LogP contribution is -2.30. The lowest BCUT2D eigenvalue weighted by atomic mass is 10.1. The van der Waals surface area contributed by atoms with Crippen LogP contribution in [-0.4, -0.2) is 45.8 Å². The molecule has 1 aromatic rings. The number of sulfonamides is 1. The number of nitrogens with zero attached hydrogens (tertiary/aromatic N) is 1. The maximum atomic E-state index is 12.3. The van der Waals surface area contributed by atoms with Crippen LogP contribution < -0.4 is 10.6 Å². The molecule has 6 nitrogen and oxygen atoms in total. The number of nitrogens with one attached hydrogen (secondary N) is 2. The van der Waals surface area contributed by atoms with Crippen LogP contribution in [0.1, 0.15) is 24.0 Å². The minimum atomic E-state index is -3.53. The normalized spacial score (nSPS) is 14.4. The van der Waals surface area contributed by atoms with Crippen LogP contribution in [0, 0.1) is 19.8 Å². The van der Waals surface area contributed by atoms with Gasteiger partial charge in [0.2, 0.25) is 15.9 Å². The van der Waals surface area contributed by atoms with Gasteiger partial charge in [0, 0.05) is 19.8 Å². The first-order valence-corrected chi connectivity index (χ1v) is 9.20. The fourth-order valence-electron chi connectivity index (χ4n) is 2.22. The molecule has 0 aliphatic heterocycles. The molecule has 1 amide bonds. The predicted octanol–water partition coefficient (Wildman–Crippen LogP) is 1.91. The van der Waals surface area contributed by atoms with Gasteiger partial charge in [-0.1, -0.05) is 0 Å². The van der Waals surface area contributed by atoms with Gasteiger partial charge in [-0.3, -0.25) is 4.79 Å². The van der Waals surface area contributed by atoms with Crippen LogP contribution in [0.5, 0.6) is 0 Å². The van der Waals surface area contributed by atoms with Crippen molar-refractivity contribution < 1.29 is 13.2 Å². The Kier molecular flexibility index (Phi) is 7.22. The Morgan fingerprint density at radius 2 is 1.88 bits per heavy atom.